The van der Waals surface area contributed by atoms with E-state index in [-0.39, 0.29) is 11.2 Å². The van der Waals surface area contributed by atoms with Crippen molar-refractivity contribution >= 4 is 34.1 Å². The van der Waals surface area contributed by atoms with Crippen LogP contribution in [0.3, 0.4) is 0 Å². The molecule has 3 rings (SSSR count). The molecule has 0 aliphatic carbocycles. The van der Waals surface area contributed by atoms with Crippen molar-refractivity contribution in [1.82, 2.24) is 29.9 Å². The number of amides is 1. The van der Waals surface area contributed by atoms with Crippen LogP contribution < -0.4 is 5.32 Å². The van der Waals surface area contributed by atoms with Crippen LogP contribution in [0.5, 0.6) is 0 Å². The fraction of sp³-hybridized carbons (Fsp3) is 0.412. The van der Waals surface area contributed by atoms with Crippen molar-refractivity contribution in [3.8, 4) is 11.4 Å². The van der Waals surface area contributed by atoms with Crippen LogP contribution in [0.4, 0.5) is 5.13 Å². The monoisotopic (exact) mass is 403 g/mol. The Morgan fingerprint density at radius 3 is 2.56 bits per heavy atom. The van der Waals surface area contributed by atoms with E-state index in [1.165, 1.54) is 23.1 Å². The van der Waals surface area contributed by atoms with Crippen LogP contribution in [0.2, 0.25) is 0 Å². The van der Waals surface area contributed by atoms with Gasteiger partial charge >= 0.3 is 0 Å². The maximum Gasteiger partial charge on any atom is 0.239 e. The first-order chi connectivity index (χ1) is 12.9. The van der Waals surface area contributed by atoms with E-state index in [0.29, 0.717) is 16.2 Å². The van der Waals surface area contributed by atoms with Crippen LogP contribution in [0, 0.1) is 12.8 Å². The molecule has 3 aromatic rings. The Morgan fingerprint density at radius 1 is 1.19 bits per heavy atom. The molecule has 0 bridgehead atoms. The van der Waals surface area contributed by atoms with E-state index in [0.717, 1.165) is 22.9 Å². The number of nitrogens with zero attached hydrogens (tertiary/aromatic N) is 6. The number of carbonyl (C=O) groups excluding carboxylic acids is 1. The summed E-state index contributed by atoms with van der Waals surface area (Å²) in [5.41, 5.74) is 0.950. The Kier molecular flexibility index (Phi) is 6.17. The molecule has 27 heavy (non-hydrogen) atoms. The van der Waals surface area contributed by atoms with E-state index < -0.39 is 0 Å². The number of carbonyl (C=O) groups is 1. The summed E-state index contributed by atoms with van der Waals surface area (Å²) in [7, 11) is 0. The third-order valence-electron chi connectivity index (χ3n) is 3.61. The number of anilines is 1. The first-order valence-electron chi connectivity index (χ1n) is 8.55. The minimum absolute atomic E-state index is 0.138. The Morgan fingerprint density at radius 2 is 1.93 bits per heavy atom. The molecule has 0 aliphatic rings. The molecule has 0 radical (unpaired) electrons. The number of nitrogens with one attached hydrogen (secondary N) is 1. The van der Waals surface area contributed by atoms with Gasteiger partial charge < -0.3 is 4.57 Å². The van der Waals surface area contributed by atoms with Crippen molar-refractivity contribution < 1.29 is 4.79 Å². The third kappa shape index (κ3) is 4.89. The van der Waals surface area contributed by atoms with E-state index in [1.54, 1.807) is 12.4 Å². The van der Waals surface area contributed by atoms with Crippen molar-refractivity contribution in [2.45, 2.75) is 44.6 Å². The molecule has 1 atom stereocenters. The van der Waals surface area contributed by atoms with Crippen molar-refractivity contribution in [3.05, 3.63) is 29.5 Å². The third-order valence-corrected chi connectivity index (χ3v) is 5.45. The van der Waals surface area contributed by atoms with Gasteiger partial charge in [-0.15, -0.1) is 20.4 Å². The quantitative estimate of drug-likeness (QED) is 0.604. The van der Waals surface area contributed by atoms with Gasteiger partial charge in [-0.1, -0.05) is 36.9 Å². The highest BCUT2D eigenvalue weighted by Crippen LogP contribution is 2.28. The predicted octanol–water partition coefficient (Wildman–Crippen LogP) is 3.28. The molecule has 0 aliphatic heterocycles. The number of rotatable bonds is 7. The SMILES string of the molecule is Cc1nnc(NC(=O)[C@@H](C)Sc2nnc(-c3ccncc3)n2CC(C)C)s1. The van der Waals surface area contributed by atoms with Crippen molar-refractivity contribution in [2.75, 3.05) is 5.32 Å². The zero-order valence-corrected chi connectivity index (χ0v) is 17.2. The second-order valence-corrected chi connectivity index (χ2v) is 8.91. The summed E-state index contributed by atoms with van der Waals surface area (Å²) in [5, 5.41) is 21.0. The minimum Gasteiger partial charge on any atom is -0.302 e. The van der Waals surface area contributed by atoms with Crippen molar-refractivity contribution in [2.24, 2.45) is 5.92 Å². The Hall–Kier alpha value is -2.33. The number of hydrogen-bond acceptors (Lipinski definition) is 8. The lowest BCUT2D eigenvalue weighted by Crippen LogP contribution is -2.23. The summed E-state index contributed by atoms with van der Waals surface area (Å²) in [6, 6.07) is 3.81. The Balaban J connectivity index is 1.79. The van der Waals surface area contributed by atoms with Gasteiger partial charge in [-0.05, 0) is 31.9 Å². The molecular weight excluding hydrogens is 382 g/mol. The van der Waals surface area contributed by atoms with Crippen LogP contribution in [0.15, 0.2) is 29.7 Å². The lowest BCUT2D eigenvalue weighted by Gasteiger charge is -2.14. The summed E-state index contributed by atoms with van der Waals surface area (Å²) >= 11 is 2.73. The van der Waals surface area contributed by atoms with Gasteiger partial charge in [-0.25, -0.2) is 0 Å². The van der Waals surface area contributed by atoms with Crippen LogP contribution in [0.1, 0.15) is 25.8 Å². The molecule has 0 fully saturated rings. The summed E-state index contributed by atoms with van der Waals surface area (Å²) in [5.74, 6) is 1.05. The van der Waals surface area contributed by atoms with Crippen LogP contribution in [0.25, 0.3) is 11.4 Å². The van der Waals surface area contributed by atoms with E-state index in [1.807, 2.05) is 26.0 Å². The number of aromatic nitrogens is 6. The van der Waals surface area contributed by atoms with Crippen LogP contribution >= 0.6 is 23.1 Å². The van der Waals surface area contributed by atoms with Gasteiger partial charge in [0.05, 0.1) is 5.25 Å². The standard InChI is InChI=1S/C17H21N7OS2/c1-10(2)9-24-14(13-5-7-18-8-6-13)21-23-17(24)26-11(3)15(25)19-16-22-20-12(4)27-16/h5-8,10-11H,9H2,1-4H3,(H,19,22,25)/t11-/m1/s1. The minimum atomic E-state index is -0.352. The molecule has 3 heterocycles. The fourth-order valence-electron chi connectivity index (χ4n) is 2.39. The van der Waals surface area contributed by atoms with Gasteiger partial charge in [-0.3, -0.25) is 15.1 Å². The maximum absolute atomic E-state index is 12.5. The smallest absolute Gasteiger partial charge is 0.239 e. The molecule has 0 saturated carbocycles. The molecule has 1 N–H and O–H groups in total. The van der Waals surface area contributed by atoms with Crippen LogP contribution in [-0.2, 0) is 11.3 Å². The topological polar surface area (TPSA) is 98.5 Å². The molecule has 0 unspecified atom stereocenters. The molecule has 0 saturated heterocycles. The summed E-state index contributed by atoms with van der Waals surface area (Å²) in [6.07, 6.45) is 3.47. The molecule has 142 valence electrons. The highest BCUT2D eigenvalue weighted by Gasteiger charge is 2.22. The number of pyridine rings is 1. The van der Waals surface area contributed by atoms with Crippen LogP contribution in [-0.4, -0.2) is 41.1 Å². The first-order valence-corrected chi connectivity index (χ1v) is 10.2. The molecule has 8 nitrogen and oxygen atoms in total. The average molecular weight is 404 g/mol. The molecular formula is C17H21N7OS2. The van der Waals surface area contributed by atoms with Gasteiger partial charge in [0.25, 0.3) is 0 Å². The van der Waals surface area contributed by atoms with Gasteiger partial charge in [-0.2, -0.15) is 0 Å². The number of thioether (sulfide) groups is 1. The lowest BCUT2D eigenvalue weighted by molar-refractivity contribution is -0.115. The molecule has 1 amide bonds. The highest BCUT2D eigenvalue weighted by molar-refractivity contribution is 8.00. The van der Waals surface area contributed by atoms with Gasteiger partial charge in [0, 0.05) is 24.5 Å². The van der Waals surface area contributed by atoms with E-state index >= 15 is 0 Å². The van der Waals surface area contributed by atoms with Gasteiger partial charge in [0.1, 0.15) is 5.01 Å². The Bertz CT molecular complexity index is 907. The highest BCUT2D eigenvalue weighted by atomic mass is 32.2. The lowest BCUT2D eigenvalue weighted by atomic mass is 10.2. The second kappa shape index (κ2) is 8.57. The first kappa shape index (κ1) is 19.4. The summed E-state index contributed by atoms with van der Waals surface area (Å²) < 4.78 is 2.06. The summed E-state index contributed by atoms with van der Waals surface area (Å²) in [4.78, 5) is 16.5. The van der Waals surface area contributed by atoms with Gasteiger partial charge in [0.2, 0.25) is 11.0 Å². The molecule has 10 heteroatoms. The molecule has 0 spiro atoms. The molecule has 3 aromatic heterocycles. The van der Waals surface area contributed by atoms with Crippen molar-refractivity contribution in [3.63, 3.8) is 0 Å². The summed E-state index contributed by atoms with van der Waals surface area (Å²) in [6.45, 7) is 8.73. The normalized spacial score (nSPS) is 12.3. The maximum atomic E-state index is 12.5. The molecule has 0 aromatic carbocycles. The van der Waals surface area contributed by atoms with E-state index in [2.05, 4.69) is 49.1 Å². The number of hydrogen-bond donors (Lipinski definition) is 1. The predicted molar refractivity (Wildman–Crippen MR) is 107 cm³/mol. The van der Waals surface area contributed by atoms with E-state index in [9.17, 15) is 4.79 Å². The van der Waals surface area contributed by atoms with Gasteiger partial charge in [0.15, 0.2) is 11.0 Å². The second-order valence-electron chi connectivity index (χ2n) is 6.42. The van der Waals surface area contributed by atoms with Crippen molar-refractivity contribution in [1.29, 1.82) is 0 Å². The largest absolute Gasteiger partial charge is 0.302 e. The zero-order valence-electron chi connectivity index (χ0n) is 15.6. The Labute approximate surface area is 165 Å². The van der Waals surface area contributed by atoms with E-state index in [4.69, 9.17) is 0 Å². The average Bonchev–Trinajstić information content (AvgIpc) is 3.21. The fourth-order valence-corrected chi connectivity index (χ4v) is 3.84. The number of aryl methyl sites for hydroxylation is 1. The zero-order chi connectivity index (χ0) is 19.4.